The minimum absolute atomic E-state index is 0.0315. The van der Waals surface area contributed by atoms with Crippen molar-refractivity contribution in [2.24, 2.45) is 0 Å². The number of benzene rings is 2. The van der Waals surface area contributed by atoms with E-state index in [0.717, 1.165) is 0 Å². The number of hydrogen-bond donors (Lipinski definition) is 0. The summed E-state index contributed by atoms with van der Waals surface area (Å²) in [4.78, 5) is 15.8. The molecule has 1 saturated heterocycles. The van der Waals surface area contributed by atoms with Crippen LogP contribution in [0.3, 0.4) is 0 Å². The molecule has 0 bridgehead atoms. The first kappa shape index (κ1) is 25.9. The molecule has 0 N–H and O–H groups in total. The maximum Gasteiger partial charge on any atom is 0.320 e. The zero-order valence-electron chi connectivity index (χ0n) is 19.2. The molecule has 36 heavy (non-hydrogen) atoms. The number of sulfonamides is 1. The minimum Gasteiger partial charge on any atom is -0.467 e. The molecule has 1 aromatic heterocycles. The van der Waals surface area contributed by atoms with Crippen LogP contribution in [0.5, 0.6) is 11.5 Å². The summed E-state index contributed by atoms with van der Waals surface area (Å²) in [5.41, 5.74) is 0.165. The highest BCUT2D eigenvalue weighted by Crippen LogP contribution is 2.34. The summed E-state index contributed by atoms with van der Waals surface area (Å²) in [7, 11) is -2.39. The number of piperazine rings is 1. The van der Waals surface area contributed by atoms with Gasteiger partial charge in [0.05, 0.1) is 24.4 Å². The van der Waals surface area contributed by atoms with E-state index < -0.39 is 10.0 Å². The highest BCUT2D eigenvalue weighted by molar-refractivity contribution is 7.89. The molecule has 3 aromatic rings. The number of urea groups is 1. The summed E-state index contributed by atoms with van der Waals surface area (Å²) in [5.74, 6) is 0.936. The molecule has 0 aliphatic carbocycles. The lowest BCUT2D eigenvalue weighted by atomic mass is 10.2. The molecule has 0 saturated carbocycles. The van der Waals surface area contributed by atoms with Crippen molar-refractivity contribution in [3.05, 3.63) is 76.2 Å². The predicted octanol–water partition coefficient (Wildman–Crippen LogP) is 4.81. The Hall–Kier alpha value is -3.23. The molecule has 12 heteroatoms. The summed E-state index contributed by atoms with van der Waals surface area (Å²) in [6.07, 6.45) is 1.54. The average Bonchev–Trinajstić information content (AvgIpc) is 3.36. The van der Waals surface area contributed by atoms with Gasteiger partial charge in [0, 0.05) is 43.3 Å². The monoisotopic (exact) mass is 548 g/mol. The van der Waals surface area contributed by atoms with Crippen molar-refractivity contribution in [1.29, 1.82) is 5.26 Å². The fraction of sp³-hybridized carbons (Fsp3) is 0.250. The molecule has 4 rings (SSSR count). The first-order valence-corrected chi connectivity index (χ1v) is 13.1. The number of nitriles is 1. The van der Waals surface area contributed by atoms with Gasteiger partial charge >= 0.3 is 6.03 Å². The molecular formula is C24H22Cl2N4O5S. The number of rotatable bonds is 6. The molecule has 0 unspecified atom stereocenters. The third-order valence-corrected chi connectivity index (χ3v) is 7.92. The van der Waals surface area contributed by atoms with Crippen molar-refractivity contribution in [3.8, 4) is 17.6 Å². The Kier molecular flexibility index (Phi) is 7.76. The van der Waals surface area contributed by atoms with Crippen molar-refractivity contribution < 1.29 is 22.4 Å². The van der Waals surface area contributed by atoms with Crippen molar-refractivity contribution in [2.75, 3.05) is 33.2 Å². The predicted molar refractivity (Wildman–Crippen MR) is 134 cm³/mol. The number of carbonyl (C=O) groups excluding carboxylic acids is 1. The summed E-state index contributed by atoms with van der Waals surface area (Å²) < 4.78 is 39.5. The van der Waals surface area contributed by atoms with Crippen LogP contribution < -0.4 is 4.74 Å². The van der Waals surface area contributed by atoms with Gasteiger partial charge in [-0.1, -0.05) is 23.2 Å². The smallest absolute Gasteiger partial charge is 0.320 e. The average molecular weight is 549 g/mol. The number of halogens is 2. The van der Waals surface area contributed by atoms with Crippen LogP contribution in [-0.2, 0) is 16.6 Å². The van der Waals surface area contributed by atoms with Crippen LogP contribution >= 0.6 is 23.2 Å². The van der Waals surface area contributed by atoms with Crippen molar-refractivity contribution >= 4 is 39.3 Å². The van der Waals surface area contributed by atoms with Gasteiger partial charge in [-0.05, 0) is 48.5 Å². The quantitative estimate of drug-likeness (QED) is 0.437. The Bertz CT molecular complexity index is 1380. The van der Waals surface area contributed by atoms with E-state index in [2.05, 4.69) is 0 Å². The maximum absolute atomic E-state index is 13.6. The number of nitrogens with zero attached hydrogens (tertiary/aromatic N) is 4. The standard InChI is InChI=1S/C24H22Cl2N4O5S/c1-28(16-20-3-2-10-34-20)24(31)29-6-8-30(9-7-29)36(32,33)23-11-17(15-27)4-5-22(23)35-21-13-18(25)12-19(26)14-21/h2-5,10-14H,6-9,16H2,1H3. The molecule has 2 amide bonds. The second-order valence-corrected chi connectivity index (χ2v) is 10.9. The maximum atomic E-state index is 13.6. The Labute approximate surface area is 219 Å². The summed E-state index contributed by atoms with van der Waals surface area (Å²) in [5, 5.41) is 10.00. The van der Waals surface area contributed by atoms with E-state index in [4.69, 9.17) is 32.4 Å². The van der Waals surface area contributed by atoms with Crippen LogP contribution in [0, 0.1) is 11.3 Å². The second kappa shape index (κ2) is 10.8. The number of carbonyl (C=O) groups is 1. The van der Waals surface area contributed by atoms with Gasteiger partial charge in [-0.25, -0.2) is 13.2 Å². The van der Waals surface area contributed by atoms with Crippen LogP contribution in [-0.4, -0.2) is 61.8 Å². The SMILES string of the molecule is CN(Cc1ccco1)C(=O)N1CCN(S(=O)(=O)c2cc(C#N)ccc2Oc2cc(Cl)cc(Cl)c2)CC1. The van der Waals surface area contributed by atoms with Gasteiger partial charge in [-0.15, -0.1) is 0 Å². The summed E-state index contributed by atoms with van der Waals surface area (Å²) >= 11 is 12.1. The minimum atomic E-state index is -4.05. The number of ether oxygens (including phenoxy) is 1. The zero-order chi connectivity index (χ0) is 25.9. The van der Waals surface area contributed by atoms with E-state index in [1.165, 1.54) is 51.9 Å². The van der Waals surface area contributed by atoms with Crippen LogP contribution in [0.4, 0.5) is 4.79 Å². The van der Waals surface area contributed by atoms with E-state index in [1.54, 1.807) is 24.1 Å². The zero-order valence-corrected chi connectivity index (χ0v) is 21.6. The molecule has 2 aromatic carbocycles. The van der Waals surface area contributed by atoms with E-state index >= 15 is 0 Å². The lowest BCUT2D eigenvalue weighted by Crippen LogP contribution is -2.53. The largest absolute Gasteiger partial charge is 0.467 e. The summed E-state index contributed by atoms with van der Waals surface area (Å²) in [6.45, 7) is 0.889. The highest BCUT2D eigenvalue weighted by Gasteiger charge is 2.33. The molecule has 1 fully saturated rings. The Balaban J connectivity index is 1.51. The molecule has 0 atom stereocenters. The van der Waals surface area contributed by atoms with E-state index in [-0.39, 0.29) is 54.2 Å². The first-order valence-electron chi connectivity index (χ1n) is 10.9. The Morgan fingerprint density at radius 3 is 2.42 bits per heavy atom. The van der Waals surface area contributed by atoms with Gasteiger partial charge < -0.3 is 19.0 Å². The summed E-state index contributed by atoms with van der Waals surface area (Å²) in [6, 6.07) is 14.0. The molecular weight excluding hydrogens is 527 g/mol. The highest BCUT2D eigenvalue weighted by atomic mass is 35.5. The second-order valence-electron chi connectivity index (χ2n) is 8.09. The lowest BCUT2D eigenvalue weighted by molar-refractivity contribution is 0.138. The van der Waals surface area contributed by atoms with Crippen molar-refractivity contribution in [1.82, 2.24) is 14.1 Å². The van der Waals surface area contributed by atoms with Crippen molar-refractivity contribution in [2.45, 2.75) is 11.4 Å². The van der Waals surface area contributed by atoms with Gasteiger partial charge in [-0.3, -0.25) is 0 Å². The van der Waals surface area contributed by atoms with E-state index in [9.17, 15) is 18.5 Å². The molecule has 0 spiro atoms. The topological polar surface area (TPSA) is 107 Å². The molecule has 1 aliphatic rings. The molecule has 2 heterocycles. The van der Waals surface area contributed by atoms with Crippen LogP contribution in [0.1, 0.15) is 11.3 Å². The Morgan fingerprint density at radius 1 is 1.11 bits per heavy atom. The van der Waals surface area contributed by atoms with Crippen LogP contribution in [0.15, 0.2) is 64.1 Å². The van der Waals surface area contributed by atoms with E-state index in [0.29, 0.717) is 22.4 Å². The number of furan rings is 1. The number of hydrogen-bond acceptors (Lipinski definition) is 6. The third-order valence-electron chi connectivity index (χ3n) is 5.56. The Morgan fingerprint density at radius 2 is 1.81 bits per heavy atom. The van der Waals surface area contributed by atoms with Crippen LogP contribution in [0.25, 0.3) is 0 Å². The van der Waals surface area contributed by atoms with Gasteiger partial charge in [0.1, 0.15) is 22.2 Å². The van der Waals surface area contributed by atoms with Gasteiger partial charge in [0.15, 0.2) is 0 Å². The molecule has 1 aliphatic heterocycles. The van der Waals surface area contributed by atoms with Crippen molar-refractivity contribution in [3.63, 3.8) is 0 Å². The van der Waals surface area contributed by atoms with Gasteiger partial charge in [-0.2, -0.15) is 9.57 Å². The van der Waals surface area contributed by atoms with Gasteiger partial charge in [0.25, 0.3) is 0 Å². The molecule has 9 nitrogen and oxygen atoms in total. The molecule has 188 valence electrons. The first-order chi connectivity index (χ1) is 17.2. The fourth-order valence-electron chi connectivity index (χ4n) is 3.78. The van der Waals surface area contributed by atoms with Gasteiger partial charge in [0.2, 0.25) is 10.0 Å². The fourth-order valence-corrected chi connectivity index (χ4v) is 5.85. The molecule has 0 radical (unpaired) electrons. The third kappa shape index (κ3) is 5.77. The normalized spacial score (nSPS) is 14.3. The van der Waals surface area contributed by atoms with Crippen LogP contribution in [0.2, 0.25) is 10.0 Å². The van der Waals surface area contributed by atoms with E-state index in [1.807, 2.05) is 6.07 Å². The lowest BCUT2D eigenvalue weighted by Gasteiger charge is -2.36. The number of amides is 2.